The largest absolute Gasteiger partial charge is 0.246 e. The van der Waals surface area contributed by atoms with Gasteiger partial charge in [0.2, 0.25) is 0 Å². The quantitative estimate of drug-likeness (QED) is 0.719. The van der Waals surface area contributed by atoms with Crippen LogP contribution >= 0.6 is 27.5 Å². The Morgan fingerprint density at radius 2 is 2.00 bits per heavy atom. The second kappa shape index (κ2) is 5.61. The van der Waals surface area contributed by atoms with Gasteiger partial charge in [-0.25, -0.2) is 4.39 Å². The lowest BCUT2D eigenvalue weighted by molar-refractivity contribution is 0.483. The van der Waals surface area contributed by atoms with Crippen molar-refractivity contribution in [2.45, 2.75) is 19.5 Å². The Labute approximate surface area is 91.2 Å². The highest BCUT2D eigenvalue weighted by Crippen LogP contribution is 2.23. The minimum Gasteiger partial charge on any atom is -0.246 e. The Morgan fingerprint density at radius 3 is 2.62 bits per heavy atom. The summed E-state index contributed by atoms with van der Waals surface area (Å²) in [6.07, 6.45) is 1.83. The van der Waals surface area contributed by atoms with Crippen molar-refractivity contribution in [3.8, 4) is 0 Å². The van der Waals surface area contributed by atoms with Crippen molar-refractivity contribution in [2.24, 2.45) is 0 Å². The molecule has 0 radical (unpaired) electrons. The third kappa shape index (κ3) is 2.96. The number of alkyl halides is 2. The Hall–Kier alpha value is -0.0800. The van der Waals surface area contributed by atoms with Crippen LogP contribution in [0, 0.1) is 0 Å². The third-order valence-corrected chi connectivity index (χ3v) is 3.17. The highest BCUT2D eigenvalue weighted by molar-refractivity contribution is 9.10. The van der Waals surface area contributed by atoms with E-state index < -0.39 is 6.67 Å². The Kier molecular flexibility index (Phi) is 4.74. The number of benzene rings is 1. The van der Waals surface area contributed by atoms with Gasteiger partial charge in [0.05, 0.1) is 0 Å². The fourth-order valence-corrected chi connectivity index (χ4v) is 1.89. The van der Waals surface area contributed by atoms with Gasteiger partial charge in [-0.3, -0.25) is 0 Å². The molecule has 1 aromatic carbocycles. The zero-order valence-electron chi connectivity index (χ0n) is 7.19. The number of halogens is 3. The van der Waals surface area contributed by atoms with Crippen molar-refractivity contribution < 1.29 is 4.39 Å². The third-order valence-electron chi connectivity index (χ3n) is 1.88. The Morgan fingerprint density at radius 1 is 1.31 bits per heavy atom. The van der Waals surface area contributed by atoms with Gasteiger partial charge in [-0.1, -0.05) is 34.1 Å². The summed E-state index contributed by atoms with van der Waals surface area (Å²) < 4.78 is 13.3. The molecule has 0 bridgehead atoms. The predicted molar refractivity (Wildman–Crippen MR) is 58.0 cm³/mol. The first-order valence-electron chi connectivity index (χ1n) is 4.17. The van der Waals surface area contributed by atoms with E-state index in [9.17, 15) is 4.39 Å². The number of hydrogen-bond acceptors (Lipinski definition) is 0. The summed E-state index contributed by atoms with van der Waals surface area (Å²) in [5.74, 6) is 0.645. The van der Waals surface area contributed by atoms with Crippen LogP contribution in [0.15, 0.2) is 22.7 Å². The van der Waals surface area contributed by atoms with Gasteiger partial charge in [0.1, 0.15) is 6.67 Å². The van der Waals surface area contributed by atoms with Gasteiger partial charge < -0.3 is 0 Å². The van der Waals surface area contributed by atoms with E-state index >= 15 is 0 Å². The molecule has 0 amide bonds. The number of aryl methyl sites for hydroxylation is 1. The second-order valence-electron chi connectivity index (χ2n) is 2.82. The molecule has 1 aromatic rings. The van der Waals surface area contributed by atoms with Gasteiger partial charge in [-0.2, -0.15) is 0 Å². The fraction of sp³-hybridized carbons (Fsp3) is 0.400. The van der Waals surface area contributed by atoms with Gasteiger partial charge in [0, 0.05) is 10.4 Å². The Balaban J connectivity index is 2.81. The van der Waals surface area contributed by atoms with Crippen LogP contribution in [-0.4, -0.2) is 5.88 Å². The minimum atomic E-state index is -0.421. The van der Waals surface area contributed by atoms with Crippen molar-refractivity contribution in [3.05, 3.63) is 33.8 Å². The van der Waals surface area contributed by atoms with Crippen LogP contribution in [0.3, 0.4) is 0 Å². The first-order chi connectivity index (χ1) is 6.29. The van der Waals surface area contributed by atoms with Crippen LogP contribution in [0.2, 0.25) is 0 Å². The van der Waals surface area contributed by atoms with E-state index in [0.29, 0.717) is 11.4 Å². The van der Waals surface area contributed by atoms with Gasteiger partial charge in [-0.15, -0.1) is 11.6 Å². The molecule has 1 rings (SSSR count). The maximum Gasteiger partial charge on any atom is 0.116 e. The summed E-state index contributed by atoms with van der Waals surface area (Å²) >= 11 is 8.98. The topological polar surface area (TPSA) is 0 Å². The van der Waals surface area contributed by atoms with E-state index in [1.54, 1.807) is 6.07 Å². The molecule has 72 valence electrons. The van der Waals surface area contributed by atoms with E-state index in [4.69, 9.17) is 11.6 Å². The lowest BCUT2D eigenvalue weighted by Crippen LogP contribution is -1.91. The van der Waals surface area contributed by atoms with Crippen molar-refractivity contribution in [2.75, 3.05) is 5.88 Å². The van der Waals surface area contributed by atoms with Gasteiger partial charge in [0.25, 0.3) is 0 Å². The molecule has 0 saturated heterocycles. The summed E-state index contributed by atoms with van der Waals surface area (Å²) in [7, 11) is 0. The zero-order chi connectivity index (χ0) is 9.68. The highest BCUT2D eigenvalue weighted by atomic mass is 79.9. The van der Waals surface area contributed by atoms with Crippen LogP contribution in [0.5, 0.6) is 0 Å². The van der Waals surface area contributed by atoms with E-state index in [1.165, 1.54) is 0 Å². The van der Waals surface area contributed by atoms with Crippen LogP contribution in [0.1, 0.15) is 17.5 Å². The maximum absolute atomic E-state index is 12.4. The van der Waals surface area contributed by atoms with Crippen molar-refractivity contribution in [1.29, 1.82) is 0 Å². The monoisotopic (exact) mass is 264 g/mol. The summed E-state index contributed by atoms with van der Waals surface area (Å²) in [5, 5.41) is 0. The molecular weight excluding hydrogens is 254 g/mol. The summed E-state index contributed by atoms with van der Waals surface area (Å²) in [6.45, 7) is -0.421. The summed E-state index contributed by atoms with van der Waals surface area (Å²) in [4.78, 5) is 0. The van der Waals surface area contributed by atoms with E-state index in [0.717, 1.165) is 22.9 Å². The molecule has 0 spiro atoms. The molecule has 0 fully saturated rings. The van der Waals surface area contributed by atoms with Crippen molar-refractivity contribution in [3.63, 3.8) is 0 Å². The van der Waals surface area contributed by atoms with E-state index in [-0.39, 0.29) is 0 Å². The smallest absolute Gasteiger partial charge is 0.116 e. The normalized spacial score (nSPS) is 10.4. The molecule has 0 atom stereocenters. The molecule has 0 N–H and O–H groups in total. The van der Waals surface area contributed by atoms with Crippen LogP contribution < -0.4 is 0 Å². The van der Waals surface area contributed by atoms with Crippen LogP contribution in [0.25, 0.3) is 0 Å². The average Bonchev–Trinajstić information content (AvgIpc) is 2.16. The van der Waals surface area contributed by atoms with Crippen LogP contribution in [0.4, 0.5) is 4.39 Å². The molecule has 3 heteroatoms. The number of hydrogen-bond donors (Lipinski definition) is 0. The van der Waals surface area contributed by atoms with Crippen LogP contribution in [-0.2, 0) is 13.1 Å². The number of rotatable bonds is 4. The minimum absolute atomic E-state index is 0.421. The van der Waals surface area contributed by atoms with Crippen molar-refractivity contribution >= 4 is 27.5 Å². The molecule has 0 heterocycles. The maximum atomic E-state index is 12.4. The molecule has 0 nitrogen and oxygen atoms in total. The molecule has 0 saturated carbocycles. The van der Waals surface area contributed by atoms with Crippen molar-refractivity contribution in [1.82, 2.24) is 0 Å². The molecular formula is C10H11BrClF. The van der Waals surface area contributed by atoms with E-state index in [2.05, 4.69) is 15.9 Å². The molecule has 13 heavy (non-hydrogen) atoms. The summed E-state index contributed by atoms with van der Waals surface area (Å²) in [6, 6.07) is 5.66. The van der Waals surface area contributed by atoms with E-state index in [1.807, 2.05) is 12.1 Å². The SMILES string of the molecule is FCc1cccc(CCCCl)c1Br. The fourth-order valence-electron chi connectivity index (χ4n) is 1.19. The predicted octanol–water partition coefficient (Wildman–Crippen LogP) is 4.09. The van der Waals surface area contributed by atoms with Gasteiger partial charge >= 0.3 is 0 Å². The zero-order valence-corrected chi connectivity index (χ0v) is 9.54. The summed E-state index contributed by atoms with van der Waals surface area (Å²) in [5.41, 5.74) is 1.85. The first-order valence-corrected chi connectivity index (χ1v) is 5.50. The standard InChI is InChI=1S/C10H11BrClF/c11-10-8(5-2-6-12)3-1-4-9(10)7-13/h1,3-4H,2,5-7H2. The Bertz CT molecular complexity index is 276. The molecule has 0 aromatic heterocycles. The highest BCUT2D eigenvalue weighted by Gasteiger charge is 2.04. The molecule has 0 aliphatic rings. The van der Waals surface area contributed by atoms with Gasteiger partial charge in [0.15, 0.2) is 0 Å². The molecule has 0 aliphatic heterocycles. The van der Waals surface area contributed by atoms with Gasteiger partial charge in [-0.05, 0) is 24.0 Å². The second-order valence-corrected chi connectivity index (χ2v) is 3.99. The lowest BCUT2D eigenvalue weighted by Gasteiger charge is -2.06. The average molecular weight is 266 g/mol. The molecule has 0 unspecified atom stereocenters. The lowest BCUT2D eigenvalue weighted by atomic mass is 10.1. The first kappa shape index (κ1) is 11.0. The molecule has 0 aliphatic carbocycles.